The second-order valence-corrected chi connectivity index (χ2v) is 3.63. The van der Waals surface area contributed by atoms with Crippen LogP contribution < -0.4 is 4.74 Å². The van der Waals surface area contributed by atoms with Crippen molar-refractivity contribution < 1.29 is 9.47 Å². The van der Waals surface area contributed by atoms with Crippen LogP contribution >= 0.6 is 0 Å². The lowest BCUT2D eigenvalue weighted by atomic mass is 10.2. The molecule has 0 spiro atoms. The molecule has 0 atom stereocenters. The van der Waals surface area contributed by atoms with Crippen molar-refractivity contribution >= 4 is 0 Å². The molecular weight excluding hydrogens is 176 g/mol. The van der Waals surface area contributed by atoms with E-state index in [4.69, 9.17) is 9.47 Å². The van der Waals surface area contributed by atoms with Crippen LogP contribution in [0, 0.1) is 5.92 Å². The second-order valence-electron chi connectivity index (χ2n) is 3.63. The van der Waals surface area contributed by atoms with Crippen LogP contribution in [0.1, 0.15) is 13.8 Å². The van der Waals surface area contributed by atoms with Gasteiger partial charge in [0.05, 0.1) is 6.61 Å². The molecule has 0 saturated carbocycles. The van der Waals surface area contributed by atoms with Gasteiger partial charge in [-0.05, 0) is 18.1 Å². The molecule has 1 aromatic carbocycles. The van der Waals surface area contributed by atoms with Gasteiger partial charge in [0.2, 0.25) is 0 Å². The lowest BCUT2D eigenvalue weighted by Gasteiger charge is -2.08. The number of ether oxygens (including phenoxy) is 2. The molecule has 0 radical (unpaired) electrons. The highest BCUT2D eigenvalue weighted by Gasteiger charge is 1.94. The third-order valence-electron chi connectivity index (χ3n) is 1.69. The maximum absolute atomic E-state index is 5.46. The number of para-hydroxylation sites is 1. The standard InChI is InChI=1S/C12H18O2/c1-11(2)10-13-8-9-14-12-6-4-3-5-7-12/h3-7,11H,8-10H2,1-2H3. The highest BCUT2D eigenvalue weighted by Crippen LogP contribution is 2.07. The Labute approximate surface area is 85.8 Å². The summed E-state index contributed by atoms with van der Waals surface area (Å²) >= 11 is 0. The van der Waals surface area contributed by atoms with Crippen molar-refractivity contribution in [3.05, 3.63) is 30.3 Å². The number of hydrogen-bond donors (Lipinski definition) is 0. The average Bonchev–Trinajstić information content (AvgIpc) is 2.18. The molecule has 0 saturated heterocycles. The van der Waals surface area contributed by atoms with Gasteiger partial charge < -0.3 is 9.47 Å². The van der Waals surface area contributed by atoms with Gasteiger partial charge in [0, 0.05) is 6.61 Å². The van der Waals surface area contributed by atoms with Gasteiger partial charge in [-0.1, -0.05) is 32.0 Å². The molecule has 0 unspecified atom stereocenters. The molecule has 2 heteroatoms. The Balaban J connectivity index is 2.05. The Kier molecular flexibility index (Phi) is 5.08. The van der Waals surface area contributed by atoms with E-state index in [1.165, 1.54) is 0 Å². The minimum absolute atomic E-state index is 0.590. The summed E-state index contributed by atoms with van der Waals surface area (Å²) < 4.78 is 10.9. The highest BCUT2D eigenvalue weighted by atomic mass is 16.5. The summed E-state index contributed by atoms with van der Waals surface area (Å²) in [5.41, 5.74) is 0. The molecule has 0 fully saturated rings. The quantitative estimate of drug-likeness (QED) is 0.648. The summed E-state index contributed by atoms with van der Waals surface area (Å²) in [6, 6.07) is 9.79. The first-order chi connectivity index (χ1) is 6.79. The molecule has 0 aromatic heterocycles. The molecule has 0 N–H and O–H groups in total. The smallest absolute Gasteiger partial charge is 0.119 e. The molecule has 0 aliphatic rings. The SMILES string of the molecule is CC(C)COCCOc1ccccc1. The summed E-state index contributed by atoms with van der Waals surface area (Å²) in [6.07, 6.45) is 0. The molecule has 2 nitrogen and oxygen atoms in total. The number of benzene rings is 1. The van der Waals surface area contributed by atoms with Gasteiger partial charge >= 0.3 is 0 Å². The van der Waals surface area contributed by atoms with Crippen molar-refractivity contribution in [2.24, 2.45) is 5.92 Å². The monoisotopic (exact) mass is 194 g/mol. The molecule has 78 valence electrons. The predicted molar refractivity (Wildman–Crippen MR) is 57.6 cm³/mol. The van der Waals surface area contributed by atoms with Gasteiger partial charge in [-0.15, -0.1) is 0 Å². The van der Waals surface area contributed by atoms with Crippen molar-refractivity contribution in [1.82, 2.24) is 0 Å². The van der Waals surface area contributed by atoms with E-state index in [0.717, 1.165) is 12.4 Å². The molecule has 0 bridgehead atoms. The normalized spacial score (nSPS) is 10.5. The van der Waals surface area contributed by atoms with Crippen molar-refractivity contribution in [3.8, 4) is 5.75 Å². The molecule has 0 aliphatic carbocycles. The summed E-state index contributed by atoms with van der Waals surface area (Å²) in [5.74, 6) is 1.49. The summed E-state index contributed by atoms with van der Waals surface area (Å²) in [6.45, 7) is 6.36. The van der Waals surface area contributed by atoms with Crippen LogP contribution in [-0.4, -0.2) is 19.8 Å². The van der Waals surface area contributed by atoms with Gasteiger partial charge in [0.1, 0.15) is 12.4 Å². The molecular formula is C12H18O2. The van der Waals surface area contributed by atoms with E-state index in [9.17, 15) is 0 Å². The third-order valence-corrected chi connectivity index (χ3v) is 1.69. The first kappa shape index (κ1) is 11.1. The van der Waals surface area contributed by atoms with E-state index < -0.39 is 0 Å². The van der Waals surface area contributed by atoms with Crippen LogP contribution in [0.4, 0.5) is 0 Å². The van der Waals surface area contributed by atoms with E-state index in [1.54, 1.807) is 0 Å². The molecule has 0 heterocycles. The van der Waals surface area contributed by atoms with Gasteiger partial charge in [-0.25, -0.2) is 0 Å². The van der Waals surface area contributed by atoms with Crippen molar-refractivity contribution in [3.63, 3.8) is 0 Å². The van der Waals surface area contributed by atoms with Crippen molar-refractivity contribution in [2.75, 3.05) is 19.8 Å². The Bertz CT molecular complexity index is 231. The summed E-state index contributed by atoms with van der Waals surface area (Å²) in [7, 11) is 0. The number of hydrogen-bond acceptors (Lipinski definition) is 2. The zero-order valence-electron chi connectivity index (χ0n) is 8.90. The Morgan fingerprint density at radius 3 is 2.43 bits per heavy atom. The fraction of sp³-hybridized carbons (Fsp3) is 0.500. The topological polar surface area (TPSA) is 18.5 Å². The lowest BCUT2D eigenvalue weighted by molar-refractivity contribution is 0.0819. The highest BCUT2D eigenvalue weighted by molar-refractivity contribution is 5.20. The third kappa shape index (κ3) is 4.87. The van der Waals surface area contributed by atoms with Gasteiger partial charge in [0.15, 0.2) is 0 Å². The Morgan fingerprint density at radius 2 is 1.79 bits per heavy atom. The fourth-order valence-electron chi connectivity index (χ4n) is 1.05. The van der Waals surface area contributed by atoms with Crippen LogP contribution in [0.5, 0.6) is 5.75 Å². The van der Waals surface area contributed by atoms with Crippen LogP contribution in [-0.2, 0) is 4.74 Å². The van der Waals surface area contributed by atoms with Crippen LogP contribution in [0.2, 0.25) is 0 Å². The first-order valence-electron chi connectivity index (χ1n) is 5.04. The van der Waals surface area contributed by atoms with Gasteiger partial charge in [0.25, 0.3) is 0 Å². The van der Waals surface area contributed by atoms with E-state index in [1.807, 2.05) is 30.3 Å². The number of rotatable bonds is 6. The van der Waals surface area contributed by atoms with Gasteiger partial charge in [-0.2, -0.15) is 0 Å². The zero-order valence-corrected chi connectivity index (χ0v) is 8.90. The minimum Gasteiger partial charge on any atom is -0.491 e. The van der Waals surface area contributed by atoms with E-state index >= 15 is 0 Å². The van der Waals surface area contributed by atoms with Gasteiger partial charge in [-0.3, -0.25) is 0 Å². The maximum atomic E-state index is 5.46. The molecule has 1 aromatic rings. The Hall–Kier alpha value is -1.02. The maximum Gasteiger partial charge on any atom is 0.119 e. The average molecular weight is 194 g/mol. The van der Waals surface area contributed by atoms with Crippen LogP contribution in [0.3, 0.4) is 0 Å². The molecule has 1 rings (SSSR count). The Morgan fingerprint density at radius 1 is 1.07 bits per heavy atom. The van der Waals surface area contributed by atoms with Crippen molar-refractivity contribution in [2.45, 2.75) is 13.8 Å². The molecule has 0 aliphatic heterocycles. The van der Waals surface area contributed by atoms with E-state index in [-0.39, 0.29) is 0 Å². The minimum atomic E-state index is 0.590. The van der Waals surface area contributed by atoms with Crippen LogP contribution in [0.25, 0.3) is 0 Å². The zero-order chi connectivity index (χ0) is 10.2. The fourth-order valence-corrected chi connectivity index (χ4v) is 1.05. The molecule has 0 amide bonds. The second kappa shape index (κ2) is 6.44. The summed E-state index contributed by atoms with van der Waals surface area (Å²) in [5, 5.41) is 0. The van der Waals surface area contributed by atoms with E-state index in [0.29, 0.717) is 19.1 Å². The summed E-state index contributed by atoms with van der Waals surface area (Å²) in [4.78, 5) is 0. The predicted octanol–water partition coefficient (Wildman–Crippen LogP) is 2.74. The lowest BCUT2D eigenvalue weighted by Crippen LogP contribution is -2.10. The largest absolute Gasteiger partial charge is 0.491 e. The van der Waals surface area contributed by atoms with Crippen molar-refractivity contribution in [1.29, 1.82) is 0 Å². The molecule has 14 heavy (non-hydrogen) atoms. The van der Waals surface area contributed by atoms with E-state index in [2.05, 4.69) is 13.8 Å². The van der Waals surface area contributed by atoms with Crippen LogP contribution in [0.15, 0.2) is 30.3 Å². The first-order valence-corrected chi connectivity index (χ1v) is 5.04.